The Morgan fingerprint density at radius 3 is 2.74 bits per heavy atom. The molecule has 6 nitrogen and oxygen atoms in total. The Morgan fingerprint density at radius 1 is 1.33 bits per heavy atom. The number of aromatic nitrogens is 1. The van der Waals surface area contributed by atoms with Gasteiger partial charge >= 0.3 is 0 Å². The molecule has 3 rings (SSSR count). The third kappa shape index (κ3) is 4.14. The zero-order valence-electron chi connectivity index (χ0n) is 14.1. The first-order chi connectivity index (χ1) is 13.0. The lowest BCUT2D eigenvalue weighted by Gasteiger charge is -2.07. The van der Waals surface area contributed by atoms with Crippen LogP contribution in [0.1, 0.15) is 10.6 Å². The molecule has 0 saturated heterocycles. The standard InChI is InChI=1S/C19H13ClN4O2S/c1-12-16(20)3-2-4-17(12)22-10-14(9-21)19-23-18(11-27-19)13-5-7-15(8-6-13)24(25)26/h2-8,10-11,22H,1H3/b14-10-. The molecule has 0 unspecified atom stereocenters. The summed E-state index contributed by atoms with van der Waals surface area (Å²) >= 11 is 7.43. The summed E-state index contributed by atoms with van der Waals surface area (Å²) in [6.45, 7) is 1.89. The minimum atomic E-state index is -0.448. The summed E-state index contributed by atoms with van der Waals surface area (Å²) in [7, 11) is 0. The maximum absolute atomic E-state index is 10.7. The lowest BCUT2D eigenvalue weighted by Crippen LogP contribution is -1.94. The van der Waals surface area contributed by atoms with Gasteiger partial charge < -0.3 is 5.32 Å². The van der Waals surface area contributed by atoms with Gasteiger partial charge in [0.2, 0.25) is 0 Å². The third-order valence-corrected chi connectivity index (χ3v) is 5.15. The van der Waals surface area contributed by atoms with Crippen molar-refractivity contribution < 1.29 is 4.92 Å². The molecule has 2 aromatic carbocycles. The Morgan fingerprint density at radius 2 is 2.07 bits per heavy atom. The molecular formula is C19H13ClN4O2S. The molecule has 0 atom stereocenters. The van der Waals surface area contributed by atoms with Crippen molar-refractivity contribution in [1.29, 1.82) is 5.26 Å². The van der Waals surface area contributed by atoms with Gasteiger partial charge in [0, 0.05) is 40.0 Å². The topological polar surface area (TPSA) is 91.8 Å². The number of allylic oxidation sites excluding steroid dienone is 1. The van der Waals surface area contributed by atoms with Gasteiger partial charge in [0.1, 0.15) is 16.6 Å². The first-order valence-electron chi connectivity index (χ1n) is 7.82. The van der Waals surface area contributed by atoms with E-state index in [0.29, 0.717) is 21.3 Å². The number of hydrogen-bond acceptors (Lipinski definition) is 6. The van der Waals surface area contributed by atoms with Gasteiger partial charge in [0.05, 0.1) is 10.6 Å². The maximum atomic E-state index is 10.7. The van der Waals surface area contributed by atoms with E-state index in [2.05, 4.69) is 16.4 Å². The zero-order chi connectivity index (χ0) is 19.4. The van der Waals surface area contributed by atoms with Gasteiger partial charge in [-0.3, -0.25) is 10.1 Å². The molecule has 0 aliphatic heterocycles. The number of anilines is 1. The molecule has 0 radical (unpaired) electrons. The Balaban J connectivity index is 1.84. The molecule has 0 aliphatic rings. The van der Waals surface area contributed by atoms with Gasteiger partial charge in [0.25, 0.3) is 5.69 Å². The predicted molar refractivity (Wildman–Crippen MR) is 108 cm³/mol. The number of nitrogens with one attached hydrogen (secondary N) is 1. The molecule has 0 amide bonds. The van der Waals surface area contributed by atoms with E-state index in [1.54, 1.807) is 24.4 Å². The SMILES string of the molecule is Cc1c(Cl)cccc1N/C=C(/C#N)c1nc(-c2ccc([N+](=O)[O-])cc2)cs1. The minimum absolute atomic E-state index is 0.0212. The van der Waals surface area contributed by atoms with E-state index in [-0.39, 0.29) is 5.69 Å². The molecule has 1 heterocycles. The van der Waals surface area contributed by atoms with Crippen molar-refractivity contribution in [3.05, 3.63) is 79.8 Å². The number of nitriles is 1. The van der Waals surface area contributed by atoms with Crippen molar-refractivity contribution in [2.75, 3.05) is 5.32 Å². The van der Waals surface area contributed by atoms with Crippen LogP contribution in [0.2, 0.25) is 5.02 Å². The fourth-order valence-electron chi connectivity index (χ4n) is 2.34. The van der Waals surface area contributed by atoms with Gasteiger partial charge in [0.15, 0.2) is 0 Å². The molecule has 27 heavy (non-hydrogen) atoms. The highest BCUT2D eigenvalue weighted by atomic mass is 35.5. The van der Waals surface area contributed by atoms with E-state index in [4.69, 9.17) is 11.6 Å². The first kappa shape index (κ1) is 18.6. The Hall–Kier alpha value is -3.21. The number of hydrogen-bond donors (Lipinski definition) is 1. The molecule has 0 aliphatic carbocycles. The van der Waals surface area contributed by atoms with E-state index in [1.165, 1.54) is 23.5 Å². The summed E-state index contributed by atoms with van der Waals surface area (Å²) in [5.74, 6) is 0. The molecule has 0 bridgehead atoms. The van der Waals surface area contributed by atoms with E-state index in [9.17, 15) is 15.4 Å². The molecule has 134 valence electrons. The van der Waals surface area contributed by atoms with E-state index < -0.39 is 4.92 Å². The summed E-state index contributed by atoms with van der Waals surface area (Å²) in [5.41, 5.74) is 3.50. The van der Waals surface area contributed by atoms with Crippen LogP contribution in [-0.4, -0.2) is 9.91 Å². The largest absolute Gasteiger partial charge is 0.360 e. The highest BCUT2D eigenvalue weighted by molar-refractivity contribution is 7.11. The van der Waals surface area contributed by atoms with Crippen LogP contribution in [0, 0.1) is 28.4 Å². The zero-order valence-corrected chi connectivity index (χ0v) is 15.7. The highest BCUT2D eigenvalue weighted by Gasteiger charge is 2.11. The smallest absolute Gasteiger partial charge is 0.269 e. The van der Waals surface area contributed by atoms with Crippen LogP contribution < -0.4 is 5.32 Å². The highest BCUT2D eigenvalue weighted by Crippen LogP contribution is 2.28. The summed E-state index contributed by atoms with van der Waals surface area (Å²) in [6, 6.07) is 13.8. The number of rotatable bonds is 5. The lowest BCUT2D eigenvalue weighted by molar-refractivity contribution is -0.384. The number of halogens is 1. The summed E-state index contributed by atoms with van der Waals surface area (Å²) < 4.78 is 0. The number of nitro benzene ring substituents is 1. The number of non-ortho nitro benzene ring substituents is 1. The van der Waals surface area contributed by atoms with E-state index in [1.807, 2.05) is 24.4 Å². The van der Waals surface area contributed by atoms with Crippen molar-refractivity contribution in [3.8, 4) is 17.3 Å². The quantitative estimate of drug-likeness (QED) is 0.341. The van der Waals surface area contributed by atoms with Gasteiger partial charge in [-0.05, 0) is 36.8 Å². The second-order valence-electron chi connectivity index (χ2n) is 5.57. The van der Waals surface area contributed by atoms with Crippen molar-refractivity contribution in [3.63, 3.8) is 0 Å². The monoisotopic (exact) mass is 396 g/mol. The summed E-state index contributed by atoms with van der Waals surface area (Å²) in [6.07, 6.45) is 1.59. The Labute approximate surface area is 164 Å². The molecule has 0 fully saturated rings. The summed E-state index contributed by atoms with van der Waals surface area (Å²) in [5, 5.41) is 26.3. The van der Waals surface area contributed by atoms with Crippen LogP contribution in [0.4, 0.5) is 11.4 Å². The van der Waals surface area contributed by atoms with Crippen molar-refractivity contribution in [2.45, 2.75) is 6.92 Å². The van der Waals surface area contributed by atoms with Crippen molar-refractivity contribution in [2.24, 2.45) is 0 Å². The number of nitro groups is 1. The van der Waals surface area contributed by atoms with E-state index >= 15 is 0 Å². The van der Waals surface area contributed by atoms with Crippen LogP contribution >= 0.6 is 22.9 Å². The van der Waals surface area contributed by atoms with Crippen LogP contribution in [0.15, 0.2) is 54.0 Å². The molecule has 1 N–H and O–H groups in total. The van der Waals surface area contributed by atoms with Gasteiger partial charge in [-0.25, -0.2) is 4.98 Å². The van der Waals surface area contributed by atoms with Gasteiger partial charge in [-0.1, -0.05) is 17.7 Å². The van der Waals surface area contributed by atoms with Crippen molar-refractivity contribution >= 4 is 39.9 Å². The minimum Gasteiger partial charge on any atom is -0.360 e. The average Bonchev–Trinajstić information content (AvgIpc) is 3.15. The number of nitrogens with zero attached hydrogens (tertiary/aromatic N) is 3. The van der Waals surface area contributed by atoms with Crippen LogP contribution in [-0.2, 0) is 0 Å². The number of benzene rings is 2. The van der Waals surface area contributed by atoms with Crippen LogP contribution in [0.5, 0.6) is 0 Å². The average molecular weight is 397 g/mol. The molecule has 1 aromatic heterocycles. The van der Waals surface area contributed by atoms with Crippen molar-refractivity contribution in [1.82, 2.24) is 4.98 Å². The molecule has 8 heteroatoms. The predicted octanol–water partition coefficient (Wildman–Crippen LogP) is 5.66. The fourth-order valence-corrected chi connectivity index (χ4v) is 3.31. The number of thiazole rings is 1. The van der Waals surface area contributed by atoms with Gasteiger partial charge in [-0.2, -0.15) is 5.26 Å². The third-order valence-electron chi connectivity index (χ3n) is 3.87. The van der Waals surface area contributed by atoms with Crippen LogP contribution in [0.25, 0.3) is 16.8 Å². The second-order valence-corrected chi connectivity index (χ2v) is 6.83. The lowest BCUT2D eigenvalue weighted by atomic mass is 10.1. The normalized spacial score (nSPS) is 11.1. The maximum Gasteiger partial charge on any atom is 0.269 e. The van der Waals surface area contributed by atoms with E-state index in [0.717, 1.165) is 16.8 Å². The molecular weight excluding hydrogens is 384 g/mol. The fraction of sp³-hybridized carbons (Fsp3) is 0.0526. The summed E-state index contributed by atoms with van der Waals surface area (Å²) in [4.78, 5) is 14.8. The Kier molecular flexibility index (Phi) is 5.50. The molecule has 3 aromatic rings. The molecule has 0 spiro atoms. The van der Waals surface area contributed by atoms with Gasteiger partial charge in [-0.15, -0.1) is 11.3 Å². The molecule has 0 saturated carbocycles. The second kappa shape index (κ2) is 7.99. The first-order valence-corrected chi connectivity index (χ1v) is 9.08. The van der Waals surface area contributed by atoms with Crippen LogP contribution in [0.3, 0.4) is 0 Å². The Bertz CT molecular complexity index is 1070.